The number of nitrogens with zero attached hydrogens (tertiary/aromatic N) is 4. The number of carbonyl (C=O) groups is 3. The average Bonchev–Trinajstić information content (AvgIpc) is 3.14. The van der Waals surface area contributed by atoms with E-state index in [1.54, 1.807) is 31.3 Å². The van der Waals surface area contributed by atoms with Gasteiger partial charge in [0, 0.05) is 24.0 Å². The van der Waals surface area contributed by atoms with Crippen molar-refractivity contribution in [2.24, 2.45) is 0 Å². The molecule has 0 radical (unpaired) electrons. The van der Waals surface area contributed by atoms with Gasteiger partial charge in [-0.1, -0.05) is 13.0 Å². The number of anilines is 2. The van der Waals surface area contributed by atoms with Gasteiger partial charge in [-0.3, -0.25) is 9.69 Å². The lowest BCUT2D eigenvalue weighted by Crippen LogP contribution is -2.36. The van der Waals surface area contributed by atoms with E-state index in [0.29, 0.717) is 29.3 Å². The molecular weight excluding hydrogens is 408 g/mol. The maximum atomic E-state index is 12.7. The van der Waals surface area contributed by atoms with Gasteiger partial charge in [0.1, 0.15) is 16.9 Å². The van der Waals surface area contributed by atoms with Gasteiger partial charge in [0.25, 0.3) is 0 Å². The van der Waals surface area contributed by atoms with Gasteiger partial charge in [-0.05, 0) is 24.1 Å². The quantitative estimate of drug-likeness (QED) is 0.673. The van der Waals surface area contributed by atoms with E-state index in [1.165, 1.54) is 28.2 Å². The number of pyridine rings is 1. The highest BCUT2D eigenvalue weighted by atomic mass is 32.1. The number of amides is 2. The van der Waals surface area contributed by atoms with Crippen LogP contribution in [0.15, 0.2) is 24.4 Å². The van der Waals surface area contributed by atoms with Gasteiger partial charge in [0.05, 0.1) is 19.2 Å². The van der Waals surface area contributed by atoms with Crippen molar-refractivity contribution in [3.63, 3.8) is 0 Å². The normalized spacial score (nSPS) is 12.5. The number of rotatable bonds is 5. The van der Waals surface area contributed by atoms with Crippen molar-refractivity contribution in [2.75, 3.05) is 25.2 Å². The highest BCUT2D eigenvalue weighted by molar-refractivity contribution is 7.16. The number of hydrogen-bond acceptors (Lipinski definition) is 8. The van der Waals surface area contributed by atoms with Crippen molar-refractivity contribution >= 4 is 40.1 Å². The molecule has 0 atom stereocenters. The summed E-state index contributed by atoms with van der Waals surface area (Å²) in [5, 5.41) is 10.3. The van der Waals surface area contributed by atoms with E-state index in [2.05, 4.69) is 15.8 Å². The van der Waals surface area contributed by atoms with Crippen molar-refractivity contribution in [1.29, 1.82) is 5.26 Å². The molecule has 0 aromatic carbocycles. The van der Waals surface area contributed by atoms with Crippen LogP contribution in [0.2, 0.25) is 0 Å². The highest BCUT2D eigenvalue weighted by Crippen LogP contribution is 2.41. The third-order valence-corrected chi connectivity index (χ3v) is 5.78. The Hall–Kier alpha value is -3.45. The minimum atomic E-state index is -0.643. The number of esters is 1. The Bertz CT molecular complexity index is 999. The molecule has 0 spiro atoms. The van der Waals surface area contributed by atoms with Crippen LogP contribution >= 0.6 is 11.3 Å². The van der Waals surface area contributed by atoms with Gasteiger partial charge in [0.15, 0.2) is 6.61 Å². The second-order valence-corrected chi connectivity index (χ2v) is 7.45. The van der Waals surface area contributed by atoms with E-state index in [1.807, 2.05) is 0 Å². The summed E-state index contributed by atoms with van der Waals surface area (Å²) < 4.78 is 9.43. The van der Waals surface area contributed by atoms with E-state index >= 15 is 0 Å². The Morgan fingerprint density at radius 1 is 1.37 bits per heavy atom. The van der Waals surface area contributed by atoms with Gasteiger partial charge in [-0.25, -0.2) is 14.6 Å². The molecule has 2 amide bonds. The zero-order valence-corrected chi connectivity index (χ0v) is 17.4. The summed E-state index contributed by atoms with van der Waals surface area (Å²) in [7, 11) is 1.21. The Balaban J connectivity index is 1.90. The predicted octanol–water partition coefficient (Wildman–Crippen LogP) is 2.76. The van der Waals surface area contributed by atoms with E-state index in [4.69, 9.17) is 4.74 Å². The van der Waals surface area contributed by atoms with Crippen LogP contribution in [0, 0.1) is 11.3 Å². The number of methoxy groups -OCH3 is 1. The molecule has 0 unspecified atom stereocenters. The van der Waals surface area contributed by atoms with Crippen LogP contribution in [0.5, 0.6) is 0 Å². The summed E-state index contributed by atoms with van der Waals surface area (Å²) >= 11 is 1.28. The van der Waals surface area contributed by atoms with Crippen LogP contribution < -0.4 is 4.90 Å². The molecule has 0 fully saturated rings. The van der Waals surface area contributed by atoms with Gasteiger partial charge in [0.2, 0.25) is 5.91 Å². The van der Waals surface area contributed by atoms with Crippen molar-refractivity contribution in [2.45, 2.75) is 26.3 Å². The fourth-order valence-electron chi connectivity index (χ4n) is 3.08. The third-order valence-electron chi connectivity index (χ3n) is 4.58. The molecule has 3 heterocycles. The maximum absolute atomic E-state index is 12.7. The predicted molar refractivity (Wildman–Crippen MR) is 108 cm³/mol. The molecule has 10 heteroatoms. The van der Waals surface area contributed by atoms with Gasteiger partial charge >= 0.3 is 12.1 Å². The topological polar surface area (TPSA) is 113 Å². The lowest BCUT2D eigenvalue weighted by atomic mass is 10.0. The monoisotopic (exact) mass is 428 g/mol. The lowest BCUT2D eigenvalue weighted by Gasteiger charge is -2.25. The number of ether oxygens (including phenoxy) is 2. The minimum absolute atomic E-state index is 0.182. The first-order valence-electron chi connectivity index (χ1n) is 9.27. The van der Waals surface area contributed by atoms with Crippen LogP contribution in [0.25, 0.3) is 0 Å². The molecular formula is C20H20N4O5S. The molecule has 0 N–H and O–H groups in total. The van der Waals surface area contributed by atoms with E-state index < -0.39 is 18.7 Å². The van der Waals surface area contributed by atoms with Crippen molar-refractivity contribution in [3.8, 4) is 6.07 Å². The Labute approximate surface area is 177 Å². The number of hydrogen-bond donors (Lipinski definition) is 0. The standard InChI is InChI=1S/C20H20N4O5S/c1-3-17(25)24(16-6-4-5-8-22-16)19-14(10-21)13-7-9-23(11-15(13)30-19)20(27)29-12-18(26)28-2/h4-6,8H,3,7,9,11-12H2,1-2H3. The summed E-state index contributed by atoms with van der Waals surface area (Å²) in [6.45, 7) is 1.85. The zero-order chi connectivity index (χ0) is 21.7. The van der Waals surface area contributed by atoms with Crippen molar-refractivity contribution in [1.82, 2.24) is 9.88 Å². The molecule has 156 valence electrons. The first-order chi connectivity index (χ1) is 14.5. The van der Waals surface area contributed by atoms with Gasteiger partial charge in [-0.2, -0.15) is 5.26 Å². The molecule has 9 nitrogen and oxygen atoms in total. The second kappa shape index (κ2) is 9.37. The number of nitriles is 1. The summed E-state index contributed by atoms with van der Waals surface area (Å²) in [6, 6.07) is 7.45. The molecule has 2 aromatic rings. The molecule has 3 rings (SSSR count). The Morgan fingerprint density at radius 2 is 2.17 bits per heavy atom. The van der Waals surface area contributed by atoms with Crippen LogP contribution in [0.4, 0.5) is 15.6 Å². The SMILES string of the molecule is CCC(=O)N(c1ccccn1)c1sc2c(c1C#N)CCN(C(=O)OCC(=O)OC)C2. The highest BCUT2D eigenvalue weighted by Gasteiger charge is 2.32. The molecule has 30 heavy (non-hydrogen) atoms. The lowest BCUT2D eigenvalue weighted by molar-refractivity contribution is -0.144. The molecule has 0 saturated heterocycles. The second-order valence-electron chi connectivity index (χ2n) is 6.37. The van der Waals surface area contributed by atoms with Crippen molar-refractivity contribution in [3.05, 3.63) is 40.4 Å². The molecule has 0 saturated carbocycles. The summed E-state index contributed by atoms with van der Waals surface area (Å²) in [4.78, 5) is 44.1. The number of aromatic nitrogens is 1. The first-order valence-corrected chi connectivity index (χ1v) is 10.1. The average molecular weight is 428 g/mol. The van der Waals surface area contributed by atoms with Crippen LogP contribution in [0.3, 0.4) is 0 Å². The molecule has 1 aliphatic heterocycles. The molecule has 0 aliphatic carbocycles. The number of thiophene rings is 1. The Morgan fingerprint density at radius 3 is 2.80 bits per heavy atom. The smallest absolute Gasteiger partial charge is 0.410 e. The van der Waals surface area contributed by atoms with Crippen molar-refractivity contribution < 1.29 is 23.9 Å². The van der Waals surface area contributed by atoms with Gasteiger partial charge in [-0.15, -0.1) is 11.3 Å². The van der Waals surface area contributed by atoms with E-state index in [-0.39, 0.29) is 18.9 Å². The van der Waals surface area contributed by atoms with E-state index in [0.717, 1.165) is 10.4 Å². The van der Waals surface area contributed by atoms with E-state index in [9.17, 15) is 19.6 Å². The Kier molecular flexibility index (Phi) is 6.64. The molecule has 2 aromatic heterocycles. The van der Waals surface area contributed by atoms with Gasteiger partial charge < -0.3 is 14.4 Å². The summed E-state index contributed by atoms with van der Waals surface area (Å²) in [5.41, 5.74) is 1.24. The fourth-order valence-corrected chi connectivity index (χ4v) is 4.42. The molecule has 1 aliphatic rings. The number of fused-ring (bicyclic) bond motifs is 1. The van der Waals surface area contributed by atoms with Crippen LogP contribution in [-0.2, 0) is 32.0 Å². The zero-order valence-electron chi connectivity index (χ0n) is 16.6. The maximum Gasteiger partial charge on any atom is 0.410 e. The summed E-state index contributed by atoms with van der Waals surface area (Å²) in [6.07, 6.45) is 1.64. The van der Waals surface area contributed by atoms with Crippen LogP contribution in [-0.4, -0.2) is 48.1 Å². The first kappa shape index (κ1) is 21.3. The number of carbonyl (C=O) groups excluding carboxylic acids is 3. The fraction of sp³-hybridized carbons (Fsp3) is 0.350. The van der Waals surface area contributed by atoms with Crippen LogP contribution in [0.1, 0.15) is 29.3 Å². The minimum Gasteiger partial charge on any atom is -0.466 e. The third kappa shape index (κ3) is 4.26. The summed E-state index contributed by atoms with van der Waals surface area (Å²) in [5.74, 6) is -0.387. The largest absolute Gasteiger partial charge is 0.466 e. The molecule has 0 bridgehead atoms.